The summed E-state index contributed by atoms with van der Waals surface area (Å²) in [6.45, 7) is 0.503. The van der Waals surface area contributed by atoms with Gasteiger partial charge in [0.2, 0.25) is 0 Å². The van der Waals surface area contributed by atoms with Crippen LogP contribution in [0.3, 0.4) is 0 Å². The van der Waals surface area contributed by atoms with Gasteiger partial charge in [-0.3, -0.25) is 4.79 Å². The summed E-state index contributed by atoms with van der Waals surface area (Å²) in [6.07, 6.45) is 1.75. The smallest absolute Gasteiger partial charge is 0.168 e. The number of nitrogens with zero attached hydrogens (tertiary/aromatic N) is 2. The minimum Gasteiger partial charge on any atom is -0.508 e. The van der Waals surface area contributed by atoms with Gasteiger partial charge in [-0.25, -0.2) is 9.37 Å². The van der Waals surface area contributed by atoms with Gasteiger partial charge in [-0.2, -0.15) is 0 Å². The molecule has 3 rings (SSSR count). The third-order valence-corrected chi connectivity index (χ3v) is 4.14. The lowest BCUT2D eigenvalue weighted by Gasteiger charge is -2.19. The molecule has 0 bridgehead atoms. The van der Waals surface area contributed by atoms with Gasteiger partial charge < -0.3 is 10.0 Å². The number of para-hydroxylation sites is 1. The van der Waals surface area contributed by atoms with Crippen LogP contribution in [-0.4, -0.2) is 22.9 Å². The normalized spacial score (nSPS) is 10.5. The van der Waals surface area contributed by atoms with Gasteiger partial charge in [-0.05, 0) is 35.9 Å². The van der Waals surface area contributed by atoms with Gasteiger partial charge in [0.05, 0.1) is 0 Å². The van der Waals surface area contributed by atoms with E-state index in [0.29, 0.717) is 17.9 Å². The highest BCUT2D eigenvalue weighted by molar-refractivity contribution is 5.97. The fourth-order valence-corrected chi connectivity index (χ4v) is 2.65. The quantitative estimate of drug-likeness (QED) is 0.683. The van der Waals surface area contributed by atoms with Gasteiger partial charge in [-0.1, -0.05) is 30.3 Å². The molecule has 132 valence electrons. The zero-order chi connectivity index (χ0) is 18.5. The Morgan fingerprint density at radius 2 is 1.81 bits per heavy atom. The number of ketones is 1. The lowest BCUT2D eigenvalue weighted by molar-refractivity contribution is 0.0992. The predicted octanol–water partition coefficient (Wildman–Crippen LogP) is 3.99. The summed E-state index contributed by atoms with van der Waals surface area (Å²) in [6, 6.07) is 16.6. The molecular weight excluding hydrogens is 331 g/mol. The standard InChI is InChI=1S/C21H19FN2O2/c1-24(14-17-4-2-3-5-19(17)25)21-11-8-16(13-23-21)20(26)12-15-6-9-18(22)10-7-15/h2-11,13,25H,12,14H2,1H3. The minimum atomic E-state index is -0.320. The molecule has 0 saturated carbocycles. The number of halogens is 1. The molecule has 0 saturated heterocycles. The predicted molar refractivity (Wildman–Crippen MR) is 98.9 cm³/mol. The third-order valence-electron chi connectivity index (χ3n) is 4.14. The molecule has 1 N–H and O–H groups in total. The number of benzene rings is 2. The first-order valence-corrected chi connectivity index (χ1v) is 8.24. The molecule has 5 heteroatoms. The van der Waals surface area contributed by atoms with E-state index in [4.69, 9.17) is 0 Å². The van der Waals surface area contributed by atoms with Crippen LogP contribution in [0.15, 0.2) is 66.9 Å². The first kappa shape index (κ1) is 17.6. The Labute approximate surface area is 151 Å². The molecule has 4 nitrogen and oxygen atoms in total. The number of phenols is 1. The molecule has 26 heavy (non-hydrogen) atoms. The van der Waals surface area contributed by atoms with E-state index >= 15 is 0 Å². The van der Waals surface area contributed by atoms with Crippen molar-refractivity contribution in [3.05, 3.63) is 89.4 Å². The Kier molecular flexibility index (Phi) is 5.27. The zero-order valence-electron chi connectivity index (χ0n) is 14.4. The number of phenolic OH excluding ortho intramolecular Hbond substituents is 1. The van der Waals surface area contributed by atoms with Crippen molar-refractivity contribution in [1.29, 1.82) is 0 Å². The Morgan fingerprint density at radius 3 is 2.46 bits per heavy atom. The highest BCUT2D eigenvalue weighted by Crippen LogP contribution is 2.20. The summed E-state index contributed by atoms with van der Waals surface area (Å²) in [5.74, 6) is 0.552. The lowest BCUT2D eigenvalue weighted by atomic mass is 10.0. The van der Waals surface area contributed by atoms with Gasteiger partial charge in [-0.15, -0.1) is 0 Å². The van der Waals surface area contributed by atoms with Gasteiger partial charge in [0.1, 0.15) is 17.4 Å². The van der Waals surface area contributed by atoms with E-state index < -0.39 is 0 Å². The second kappa shape index (κ2) is 7.78. The molecule has 1 aromatic heterocycles. The molecule has 0 aliphatic carbocycles. The number of hydrogen-bond donors (Lipinski definition) is 1. The van der Waals surface area contributed by atoms with E-state index in [1.165, 1.54) is 12.1 Å². The molecule has 0 aliphatic rings. The SMILES string of the molecule is CN(Cc1ccccc1O)c1ccc(C(=O)Cc2ccc(F)cc2)cn1. The van der Waals surface area contributed by atoms with Crippen LogP contribution in [0.5, 0.6) is 5.75 Å². The van der Waals surface area contributed by atoms with E-state index in [1.807, 2.05) is 24.1 Å². The molecule has 0 radical (unpaired) electrons. The van der Waals surface area contributed by atoms with E-state index in [1.54, 1.807) is 42.6 Å². The molecule has 1 heterocycles. The van der Waals surface area contributed by atoms with Crippen LogP contribution in [-0.2, 0) is 13.0 Å². The summed E-state index contributed by atoms with van der Waals surface area (Å²) in [7, 11) is 1.87. The molecule has 0 unspecified atom stereocenters. The monoisotopic (exact) mass is 350 g/mol. The van der Waals surface area contributed by atoms with E-state index in [2.05, 4.69) is 4.98 Å². The summed E-state index contributed by atoms with van der Waals surface area (Å²) < 4.78 is 12.9. The van der Waals surface area contributed by atoms with Crippen molar-refractivity contribution in [2.75, 3.05) is 11.9 Å². The Bertz CT molecular complexity index is 893. The van der Waals surface area contributed by atoms with Crippen molar-refractivity contribution in [1.82, 2.24) is 4.98 Å². The second-order valence-electron chi connectivity index (χ2n) is 6.12. The summed E-state index contributed by atoms with van der Waals surface area (Å²) in [5.41, 5.74) is 2.07. The summed E-state index contributed by atoms with van der Waals surface area (Å²) in [5, 5.41) is 9.87. The first-order valence-electron chi connectivity index (χ1n) is 8.24. The Hall–Kier alpha value is -3.21. The Morgan fingerprint density at radius 1 is 1.08 bits per heavy atom. The van der Waals surface area contributed by atoms with Crippen molar-refractivity contribution in [3.8, 4) is 5.75 Å². The highest BCUT2D eigenvalue weighted by atomic mass is 19.1. The fraction of sp³-hybridized carbons (Fsp3) is 0.143. The van der Waals surface area contributed by atoms with Crippen LogP contribution in [0, 0.1) is 5.82 Å². The first-order chi connectivity index (χ1) is 12.5. The molecule has 2 aromatic carbocycles. The number of rotatable bonds is 6. The van der Waals surface area contributed by atoms with Crippen LogP contribution in [0.4, 0.5) is 10.2 Å². The van der Waals surface area contributed by atoms with Crippen LogP contribution in [0.2, 0.25) is 0 Å². The lowest BCUT2D eigenvalue weighted by Crippen LogP contribution is -2.18. The maximum atomic E-state index is 12.9. The Balaban J connectivity index is 1.66. The highest BCUT2D eigenvalue weighted by Gasteiger charge is 2.10. The minimum absolute atomic E-state index is 0.0704. The second-order valence-corrected chi connectivity index (χ2v) is 6.12. The van der Waals surface area contributed by atoms with Crippen LogP contribution < -0.4 is 4.90 Å². The summed E-state index contributed by atoms with van der Waals surface area (Å²) >= 11 is 0. The number of carbonyl (C=O) groups is 1. The van der Waals surface area contributed by atoms with E-state index in [-0.39, 0.29) is 23.8 Å². The van der Waals surface area contributed by atoms with E-state index in [9.17, 15) is 14.3 Å². The number of hydrogen-bond acceptors (Lipinski definition) is 4. The van der Waals surface area contributed by atoms with Crippen molar-refractivity contribution in [2.45, 2.75) is 13.0 Å². The van der Waals surface area contributed by atoms with Crippen LogP contribution >= 0.6 is 0 Å². The molecular formula is C21H19FN2O2. The van der Waals surface area contributed by atoms with Crippen LogP contribution in [0.1, 0.15) is 21.5 Å². The molecule has 3 aromatic rings. The van der Waals surface area contributed by atoms with Crippen LogP contribution in [0.25, 0.3) is 0 Å². The average molecular weight is 350 g/mol. The number of carbonyl (C=O) groups excluding carboxylic acids is 1. The number of aromatic hydroxyl groups is 1. The number of anilines is 1. The molecule has 0 amide bonds. The van der Waals surface area contributed by atoms with Gasteiger partial charge in [0, 0.05) is 37.3 Å². The molecule has 0 fully saturated rings. The van der Waals surface area contributed by atoms with Crippen molar-refractivity contribution in [2.24, 2.45) is 0 Å². The van der Waals surface area contributed by atoms with Gasteiger partial charge >= 0.3 is 0 Å². The fourth-order valence-electron chi connectivity index (χ4n) is 2.65. The average Bonchev–Trinajstić information content (AvgIpc) is 2.65. The van der Waals surface area contributed by atoms with Gasteiger partial charge in [0.25, 0.3) is 0 Å². The number of Topliss-reactive ketones (excluding diaryl/α,β-unsaturated/α-hetero) is 1. The topological polar surface area (TPSA) is 53.4 Å². The summed E-state index contributed by atoms with van der Waals surface area (Å²) in [4.78, 5) is 18.6. The number of pyridine rings is 1. The number of aromatic nitrogens is 1. The molecule has 0 aliphatic heterocycles. The van der Waals surface area contributed by atoms with Gasteiger partial charge in [0.15, 0.2) is 5.78 Å². The van der Waals surface area contributed by atoms with Crippen molar-refractivity contribution >= 4 is 11.6 Å². The zero-order valence-corrected chi connectivity index (χ0v) is 14.4. The third kappa shape index (κ3) is 4.25. The maximum Gasteiger partial charge on any atom is 0.168 e. The van der Waals surface area contributed by atoms with Crippen molar-refractivity contribution in [3.63, 3.8) is 0 Å². The van der Waals surface area contributed by atoms with E-state index in [0.717, 1.165) is 11.1 Å². The molecule has 0 spiro atoms. The maximum absolute atomic E-state index is 12.9. The molecule has 0 atom stereocenters. The van der Waals surface area contributed by atoms with Crippen molar-refractivity contribution < 1.29 is 14.3 Å². The largest absolute Gasteiger partial charge is 0.508 e.